The van der Waals surface area contributed by atoms with Gasteiger partial charge in [0, 0.05) is 31.5 Å². The Balaban J connectivity index is 1.71. The lowest BCUT2D eigenvalue weighted by molar-refractivity contribution is -0.143. The molecule has 0 aliphatic carbocycles. The summed E-state index contributed by atoms with van der Waals surface area (Å²) in [4.78, 5) is 16.5. The number of carbonyl (C=O) groups is 1. The molecule has 14 heteroatoms. The number of hydrogen-bond acceptors (Lipinski definition) is 9. The number of halogens is 3. The van der Waals surface area contributed by atoms with Crippen molar-refractivity contribution in [3.05, 3.63) is 65.2 Å². The molecule has 0 amide bonds. The summed E-state index contributed by atoms with van der Waals surface area (Å²) in [5.41, 5.74) is 0.166. The van der Waals surface area contributed by atoms with Crippen LogP contribution in [0.3, 0.4) is 0 Å². The van der Waals surface area contributed by atoms with Crippen LogP contribution in [-0.2, 0) is 35.2 Å². The van der Waals surface area contributed by atoms with Gasteiger partial charge in [-0.05, 0) is 56.2 Å². The molecule has 0 bridgehead atoms. The van der Waals surface area contributed by atoms with Crippen LogP contribution in [-0.4, -0.2) is 58.6 Å². The molecule has 0 fully saturated rings. The number of fused-ring (bicyclic) bond motifs is 1. The molecule has 42 heavy (non-hydrogen) atoms. The molecular weight excluding hydrogens is 575 g/mol. The average Bonchev–Trinajstić information content (AvgIpc) is 3.38. The van der Waals surface area contributed by atoms with Crippen LogP contribution < -0.4 is 4.74 Å². The molecular formula is C28H36F3N5O5S. The molecule has 0 spiro atoms. The number of esters is 1. The van der Waals surface area contributed by atoms with Crippen molar-refractivity contribution < 1.29 is 36.5 Å². The summed E-state index contributed by atoms with van der Waals surface area (Å²) in [7, 11) is -3.74. The van der Waals surface area contributed by atoms with Gasteiger partial charge >= 0.3 is 12.1 Å². The highest BCUT2D eigenvalue weighted by Crippen LogP contribution is 2.57. The number of nitrogens with zero attached hydrogens (tertiary/aromatic N) is 5. The number of benzene rings is 1. The lowest BCUT2D eigenvalue weighted by Crippen LogP contribution is -2.35. The molecule has 2 atom stereocenters. The third-order valence-corrected chi connectivity index (χ3v) is 9.08. The van der Waals surface area contributed by atoms with Crippen molar-refractivity contribution in [2.24, 2.45) is 0 Å². The summed E-state index contributed by atoms with van der Waals surface area (Å²) in [6.07, 6.45) is 0.637. The number of rotatable bonds is 11. The number of pyridine rings is 1. The van der Waals surface area contributed by atoms with E-state index in [-0.39, 0.29) is 35.8 Å². The molecule has 10 nitrogen and oxygen atoms in total. The van der Waals surface area contributed by atoms with Crippen LogP contribution in [0, 0.1) is 0 Å². The van der Waals surface area contributed by atoms with Crippen molar-refractivity contribution in [3.8, 4) is 5.75 Å². The van der Waals surface area contributed by atoms with E-state index in [2.05, 4.69) is 15.3 Å². The van der Waals surface area contributed by atoms with E-state index in [0.717, 1.165) is 6.07 Å². The predicted octanol–water partition coefficient (Wildman–Crippen LogP) is 6.08. The fraction of sp³-hybridized carbons (Fsp3) is 0.500. The first-order valence-corrected chi connectivity index (χ1v) is 15.3. The largest absolute Gasteiger partial charge is 0.487 e. The van der Waals surface area contributed by atoms with Gasteiger partial charge in [0.25, 0.3) is 0 Å². The maximum atomic E-state index is 14.2. The normalized spacial score (nSPS) is 18.4. The molecule has 3 heterocycles. The van der Waals surface area contributed by atoms with Crippen molar-refractivity contribution in [1.82, 2.24) is 24.3 Å². The Labute approximate surface area is 244 Å². The minimum Gasteiger partial charge on any atom is -0.487 e. The van der Waals surface area contributed by atoms with Gasteiger partial charge in [0.2, 0.25) is 0 Å². The molecule has 2 unspecified atom stereocenters. The van der Waals surface area contributed by atoms with Crippen LogP contribution in [0.1, 0.15) is 68.3 Å². The molecule has 0 saturated carbocycles. The van der Waals surface area contributed by atoms with Gasteiger partial charge in [-0.1, -0.05) is 24.3 Å². The Bertz CT molecular complexity index is 1370. The summed E-state index contributed by atoms with van der Waals surface area (Å²) < 4.78 is 79.4. The number of hydrogen-bond donors (Lipinski definition) is 2. The number of ether oxygens (including phenoxy) is 2. The van der Waals surface area contributed by atoms with Gasteiger partial charge in [0.1, 0.15) is 16.7 Å². The fourth-order valence-electron chi connectivity index (χ4n) is 4.93. The quantitative estimate of drug-likeness (QED) is 0.248. The van der Waals surface area contributed by atoms with Crippen molar-refractivity contribution in [1.29, 1.82) is 0 Å². The molecule has 1 aliphatic heterocycles. The van der Waals surface area contributed by atoms with Gasteiger partial charge in [0.05, 0.1) is 37.0 Å². The Morgan fingerprint density at radius 1 is 1.24 bits per heavy atom. The molecule has 1 aliphatic rings. The van der Waals surface area contributed by atoms with Gasteiger partial charge in [-0.2, -0.15) is 17.5 Å². The number of aromatic nitrogens is 4. The zero-order chi connectivity index (χ0) is 30.5. The van der Waals surface area contributed by atoms with Crippen LogP contribution in [0.4, 0.5) is 13.2 Å². The van der Waals surface area contributed by atoms with E-state index in [1.54, 1.807) is 17.8 Å². The summed E-state index contributed by atoms with van der Waals surface area (Å²) in [6, 6.07) is 5.28. The lowest BCUT2D eigenvalue weighted by atomic mass is 9.88. The van der Waals surface area contributed by atoms with Crippen LogP contribution in [0.5, 0.6) is 5.75 Å². The van der Waals surface area contributed by atoms with Crippen LogP contribution in [0.25, 0.3) is 0 Å². The molecule has 230 valence electrons. The van der Waals surface area contributed by atoms with Crippen molar-refractivity contribution in [2.75, 3.05) is 13.2 Å². The van der Waals surface area contributed by atoms with Gasteiger partial charge < -0.3 is 9.47 Å². The Morgan fingerprint density at radius 2 is 2.02 bits per heavy atom. The number of carbonyl (C=O) groups excluding carboxylic acids is 1. The summed E-state index contributed by atoms with van der Waals surface area (Å²) in [5, 5.41) is 8.17. The van der Waals surface area contributed by atoms with E-state index in [9.17, 15) is 27.1 Å². The van der Waals surface area contributed by atoms with E-state index in [0.29, 0.717) is 37.1 Å². The standard InChI is InChI=1S/C28H36F3N5O5S/c1-4-23-18-36(42(38,39)26-15-32-12-11-25(26)41-23)16-21-13-19(8-10-24(21)28(29,30)31)20(14-27(37)40-6-3)7-9-22-17-35(5-2)34-33-22/h8,10-13,15,17,20,23,38-39H,4-7,9,14,16,18H2,1-3H3. The molecule has 3 aromatic rings. The smallest absolute Gasteiger partial charge is 0.416 e. The van der Waals surface area contributed by atoms with Crippen molar-refractivity contribution >= 4 is 16.7 Å². The topological polar surface area (TPSA) is 123 Å². The van der Waals surface area contributed by atoms with Gasteiger partial charge in [-0.3, -0.25) is 23.6 Å². The average molecular weight is 612 g/mol. The zero-order valence-electron chi connectivity index (χ0n) is 23.8. The summed E-state index contributed by atoms with van der Waals surface area (Å²) >= 11 is 0. The summed E-state index contributed by atoms with van der Waals surface area (Å²) in [5.74, 6) is -0.702. The highest BCUT2D eigenvalue weighted by atomic mass is 32.3. The van der Waals surface area contributed by atoms with Crippen molar-refractivity contribution in [3.63, 3.8) is 0 Å². The highest BCUT2D eigenvalue weighted by Gasteiger charge is 2.39. The van der Waals surface area contributed by atoms with E-state index < -0.39 is 47.1 Å². The number of alkyl halides is 3. The van der Waals surface area contributed by atoms with Crippen LogP contribution >= 0.6 is 10.8 Å². The second kappa shape index (κ2) is 13.4. The van der Waals surface area contributed by atoms with Crippen molar-refractivity contribution in [2.45, 2.75) is 82.6 Å². The first kappa shape index (κ1) is 31.7. The Kier molecular flexibility index (Phi) is 10.1. The lowest BCUT2D eigenvalue weighted by Gasteiger charge is -2.41. The maximum Gasteiger partial charge on any atom is 0.416 e. The van der Waals surface area contributed by atoms with Crippen LogP contribution in [0.15, 0.2) is 47.8 Å². The first-order valence-electron chi connectivity index (χ1n) is 13.8. The Hall–Kier alpha value is -3.20. The SMILES string of the molecule is CCOC(=O)CC(CCc1cn(CC)nn1)c1ccc(C(F)(F)F)c(CN2CC(CC)Oc3ccncc3S2(O)O)c1. The Morgan fingerprint density at radius 3 is 2.69 bits per heavy atom. The number of aryl methyl sites for hydroxylation is 2. The molecule has 0 saturated heterocycles. The van der Waals surface area contributed by atoms with Gasteiger partial charge in [0.15, 0.2) is 0 Å². The minimum atomic E-state index is -4.70. The molecule has 1 aromatic carbocycles. The molecule has 2 aromatic heterocycles. The summed E-state index contributed by atoms with van der Waals surface area (Å²) in [6.45, 7) is 5.84. The second-order valence-electron chi connectivity index (χ2n) is 10.0. The van der Waals surface area contributed by atoms with E-state index >= 15 is 0 Å². The van der Waals surface area contributed by atoms with Gasteiger partial charge in [-0.15, -0.1) is 15.9 Å². The van der Waals surface area contributed by atoms with E-state index in [1.165, 1.54) is 34.9 Å². The first-order chi connectivity index (χ1) is 20.0. The third kappa shape index (κ3) is 7.41. The fourth-order valence-corrected chi connectivity index (χ4v) is 6.49. The molecule has 4 rings (SSSR count). The van der Waals surface area contributed by atoms with Crippen LogP contribution in [0.2, 0.25) is 0 Å². The van der Waals surface area contributed by atoms with Gasteiger partial charge in [-0.25, -0.2) is 0 Å². The van der Waals surface area contributed by atoms with E-state index in [1.807, 2.05) is 13.8 Å². The molecule has 0 radical (unpaired) electrons. The zero-order valence-corrected chi connectivity index (χ0v) is 24.6. The minimum absolute atomic E-state index is 0.0194. The highest BCUT2D eigenvalue weighted by molar-refractivity contribution is 8.22. The van der Waals surface area contributed by atoms with E-state index in [4.69, 9.17) is 9.47 Å². The second-order valence-corrected chi connectivity index (χ2v) is 12.0. The monoisotopic (exact) mass is 611 g/mol. The third-order valence-electron chi connectivity index (χ3n) is 7.19. The predicted molar refractivity (Wildman–Crippen MR) is 150 cm³/mol. The maximum absolute atomic E-state index is 14.2. The molecule has 2 N–H and O–H groups in total.